The van der Waals surface area contributed by atoms with E-state index in [1.54, 1.807) is 11.6 Å². The van der Waals surface area contributed by atoms with E-state index in [4.69, 9.17) is 0 Å². The molecule has 2 N–H and O–H groups in total. The number of aliphatic hydroxyl groups is 1. The van der Waals surface area contributed by atoms with Crippen molar-refractivity contribution in [3.8, 4) is 0 Å². The second-order valence-electron chi connectivity index (χ2n) is 5.36. The van der Waals surface area contributed by atoms with E-state index in [9.17, 15) is 9.90 Å². The number of aromatic nitrogens is 2. The van der Waals surface area contributed by atoms with Crippen LogP contribution in [-0.2, 0) is 7.05 Å². The summed E-state index contributed by atoms with van der Waals surface area (Å²) in [6, 6.07) is 0. The minimum atomic E-state index is -0.903. The van der Waals surface area contributed by atoms with Crippen molar-refractivity contribution in [3.63, 3.8) is 0 Å². The van der Waals surface area contributed by atoms with Crippen molar-refractivity contribution < 1.29 is 9.90 Å². The standard InChI is InChI=1S/C13H23N3O2/c1-8(2)13(5,18)7-14-12(17)11-9(3)15-16(6)10(11)4/h8,18H,7H2,1-6H3,(H,14,17). The lowest BCUT2D eigenvalue weighted by atomic mass is 9.92. The largest absolute Gasteiger partial charge is 0.388 e. The van der Waals surface area contributed by atoms with Crippen molar-refractivity contribution in [2.45, 2.75) is 40.2 Å². The molecule has 0 aliphatic rings. The third-order valence-corrected chi connectivity index (χ3v) is 3.59. The summed E-state index contributed by atoms with van der Waals surface area (Å²) in [7, 11) is 1.81. The summed E-state index contributed by atoms with van der Waals surface area (Å²) < 4.78 is 1.69. The summed E-state index contributed by atoms with van der Waals surface area (Å²) in [5.74, 6) is -0.104. The van der Waals surface area contributed by atoms with Gasteiger partial charge in [-0.1, -0.05) is 13.8 Å². The van der Waals surface area contributed by atoms with Gasteiger partial charge in [0.25, 0.3) is 5.91 Å². The molecule has 1 aromatic rings. The molecule has 0 radical (unpaired) electrons. The molecule has 18 heavy (non-hydrogen) atoms. The minimum absolute atomic E-state index is 0.0777. The summed E-state index contributed by atoms with van der Waals surface area (Å²) in [6.07, 6.45) is 0. The maximum atomic E-state index is 12.1. The van der Waals surface area contributed by atoms with Crippen LogP contribution in [0.5, 0.6) is 0 Å². The Morgan fingerprint density at radius 1 is 1.50 bits per heavy atom. The highest BCUT2D eigenvalue weighted by molar-refractivity contribution is 5.96. The lowest BCUT2D eigenvalue weighted by molar-refractivity contribution is 0.0142. The van der Waals surface area contributed by atoms with E-state index in [0.29, 0.717) is 11.3 Å². The molecule has 1 aromatic heterocycles. The predicted octanol–water partition coefficient (Wildman–Crippen LogP) is 1.17. The van der Waals surface area contributed by atoms with Crippen molar-refractivity contribution in [2.75, 3.05) is 6.54 Å². The zero-order valence-corrected chi connectivity index (χ0v) is 12.0. The molecule has 102 valence electrons. The van der Waals surface area contributed by atoms with Crippen LogP contribution in [-0.4, -0.2) is 32.9 Å². The van der Waals surface area contributed by atoms with Crippen LogP contribution in [0.2, 0.25) is 0 Å². The van der Waals surface area contributed by atoms with Crippen LogP contribution in [0.4, 0.5) is 0 Å². The number of aryl methyl sites for hydroxylation is 2. The summed E-state index contributed by atoms with van der Waals surface area (Å²) >= 11 is 0. The van der Waals surface area contributed by atoms with Gasteiger partial charge < -0.3 is 10.4 Å². The van der Waals surface area contributed by atoms with Gasteiger partial charge in [0.2, 0.25) is 0 Å². The molecule has 0 aliphatic carbocycles. The summed E-state index contributed by atoms with van der Waals surface area (Å²) in [6.45, 7) is 9.47. The maximum Gasteiger partial charge on any atom is 0.255 e. The van der Waals surface area contributed by atoms with Gasteiger partial charge >= 0.3 is 0 Å². The van der Waals surface area contributed by atoms with Crippen LogP contribution in [0.3, 0.4) is 0 Å². The fourth-order valence-electron chi connectivity index (χ4n) is 1.65. The smallest absolute Gasteiger partial charge is 0.255 e. The third kappa shape index (κ3) is 2.90. The highest BCUT2D eigenvalue weighted by Crippen LogP contribution is 2.16. The Labute approximate surface area is 108 Å². The van der Waals surface area contributed by atoms with Crippen LogP contribution in [0, 0.1) is 19.8 Å². The Morgan fingerprint density at radius 3 is 2.44 bits per heavy atom. The number of carbonyl (C=O) groups excluding carboxylic acids is 1. The molecule has 0 saturated heterocycles. The van der Waals surface area contributed by atoms with E-state index in [1.807, 2.05) is 34.7 Å². The van der Waals surface area contributed by atoms with Crippen LogP contribution >= 0.6 is 0 Å². The highest BCUT2D eigenvalue weighted by atomic mass is 16.3. The van der Waals surface area contributed by atoms with Gasteiger partial charge in [0.1, 0.15) is 0 Å². The number of hydrogen-bond acceptors (Lipinski definition) is 3. The molecule has 1 atom stereocenters. The Kier molecular flexibility index (Phi) is 4.16. The van der Waals surface area contributed by atoms with Crippen LogP contribution in [0.1, 0.15) is 42.5 Å². The molecule has 1 heterocycles. The second kappa shape index (κ2) is 5.10. The van der Waals surface area contributed by atoms with Crippen LogP contribution < -0.4 is 5.32 Å². The molecule has 1 amide bonds. The first-order valence-electron chi connectivity index (χ1n) is 6.17. The Bertz CT molecular complexity index is 447. The number of amides is 1. The number of hydrogen-bond donors (Lipinski definition) is 2. The van der Waals surface area contributed by atoms with Crippen molar-refractivity contribution in [1.82, 2.24) is 15.1 Å². The van der Waals surface area contributed by atoms with E-state index in [0.717, 1.165) is 5.69 Å². The molecular formula is C13H23N3O2. The van der Waals surface area contributed by atoms with Gasteiger partial charge in [-0.3, -0.25) is 9.48 Å². The Balaban J connectivity index is 2.78. The molecule has 0 spiro atoms. The van der Waals surface area contributed by atoms with E-state index < -0.39 is 5.60 Å². The number of nitrogens with zero attached hydrogens (tertiary/aromatic N) is 2. The predicted molar refractivity (Wildman–Crippen MR) is 70.5 cm³/mol. The summed E-state index contributed by atoms with van der Waals surface area (Å²) in [4.78, 5) is 12.1. The molecule has 0 fully saturated rings. The molecule has 5 heteroatoms. The molecule has 0 saturated carbocycles. The van der Waals surface area contributed by atoms with Gasteiger partial charge in [-0.25, -0.2) is 0 Å². The zero-order chi connectivity index (χ0) is 14.1. The van der Waals surface area contributed by atoms with Gasteiger partial charge in [0.15, 0.2) is 0 Å². The van der Waals surface area contributed by atoms with Crippen LogP contribution in [0.25, 0.3) is 0 Å². The maximum absolute atomic E-state index is 12.1. The van der Waals surface area contributed by atoms with Crippen LogP contribution in [0.15, 0.2) is 0 Å². The Hall–Kier alpha value is -1.36. The topological polar surface area (TPSA) is 67.2 Å². The average molecular weight is 253 g/mol. The second-order valence-corrected chi connectivity index (χ2v) is 5.36. The zero-order valence-electron chi connectivity index (χ0n) is 12.0. The monoisotopic (exact) mass is 253 g/mol. The van der Waals surface area contributed by atoms with Crippen molar-refractivity contribution >= 4 is 5.91 Å². The fraction of sp³-hybridized carbons (Fsp3) is 0.692. The van der Waals surface area contributed by atoms with Crippen molar-refractivity contribution in [3.05, 3.63) is 17.0 Å². The lowest BCUT2D eigenvalue weighted by Gasteiger charge is -2.27. The lowest BCUT2D eigenvalue weighted by Crippen LogP contribution is -2.44. The Morgan fingerprint density at radius 2 is 2.06 bits per heavy atom. The first kappa shape index (κ1) is 14.7. The molecule has 0 aromatic carbocycles. The van der Waals surface area contributed by atoms with Crippen molar-refractivity contribution in [1.29, 1.82) is 0 Å². The van der Waals surface area contributed by atoms with Gasteiger partial charge in [0, 0.05) is 19.3 Å². The van der Waals surface area contributed by atoms with E-state index in [1.165, 1.54) is 0 Å². The summed E-state index contributed by atoms with van der Waals surface area (Å²) in [5.41, 5.74) is 1.22. The summed E-state index contributed by atoms with van der Waals surface area (Å²) in [5, 5.41) is 17.1. The highest BCUT2D eigenvalue weighted by Gasteiger charge is 2.26. The normalized spacial score (nSPS) is 14.7. The molecule has 0 bridgehead atoms. The first-order chi connectivity index (χ1) is 8.16. The van der Waals surface area contributed by atoms with Crippen molar-refractivity contribution in [2.24, 2.45) is 13.0 Å². The SMILES string of the molecule is Cc1nn(C)c(C)c1C(=O)NCC(C)(O)C(C)C. The van der Waals surface area contributed by atoms with E-state index >= 15 is 0 Å². The number of carbonyl (C=O) groups is 1. The molecule has 5 nitrogen and oxygen atoms in total. The third-order valence-electron chi connectivity index (χ3n) is 3.59. The van der Waals surface area contributed by atoms with Gasteiger partial charge in [0.05, 0.1) is 16.9 Å². The van der Waals surface area contributed by atoms with E-state index in [-0.39, 0.29) is 18.4 Å². The molecule has 1 rings (SSSR count). The minimum Gasteiger partial charge on any atom is -0.388 e. The van der Waals surface area contributed by atoms with E-state index in [2.05, 4.69) is 10.4 Å². The molecule has 0 aliphatic heterocycles. The molecule has 1 unspecified atom stereocenters. The van der Waals surface area contributed by atoms with Gasteiger partial charge in [-0.15, -0.1) is 0 Å². The first-order valence-corrected chi connectivity index (χ1v) is 6.17. The fourth-order valence-corrected chi connectivity index (χ4v) is 1.65. The van der Waals surface area contributed by atoms with Gasteiger partial charge in [-0.2, -0.15) is 5.10 Å². The van der Waals surface area contributed by atoms with Gasteiger partial charge in [-0.05, 0) is 26.7 Å². The quantitative estimate of drug-likeness (QED) is 0.846. The average Bonchev–Trinajstić information content (AvgIpc) is 2.50. The number of nitrogens with one attached hydrogen (secondary N) is 1. The molecular weight excluding hydrogens is 230 g/mol. The number of rotatable bonds is 4.